The largest absolute Gasteiger partial charge is 0.474 e. The number of carbonyl (C=O) groups is 2. The molecule has 1 amide bonds. The highest BCUT2D eigenvalue weighted by Crippen LogP contribution is 2.28. The molecular weight excluding hydrogens is 241 g/mol. The van der Waals surface area contributed by atoms with E-state index in [1.807, 2.05) is 5.32 Å². The van der Waals surface area contributed by atoms with E-state index in [2.05, 4.69) is 4.98 Å². The van der Waals surface area contributed by atoms with Gasteiger partial charge in [-0.05, 0) is 12.1 Å². The Morgan fingerprint density at radius 2 is 2.00 bits per heavy atom. The first-order chi connectivity index (χ1) is 7.80. The van der Waals surface area contributed by atoms with Gasteiger partial charge in [-0.15, -0.1) is 0 Å². The standard InChI is InChI=1S/C9H7F3N2O3/c10-9(11,12)5-1-2-6(13-3-5)4-14-7(15)8(16)17/h1-3H,4H2,(H,14,15)(H,16,17). The lowest BCUT2D eigenvalue weighted by atomic mass is 10.2. The average Bonchev–Trinajstić information content (AvgIpc) is 2.25. The lowest BCUT2D eigenvalue weighted by Crippen LogP contribution is -2.30. The molecular formula is C9H7F3N2O3. The van der Waals surface area contributed by atoms with E-state index < -0.39 is 23.6 Å². The number of hydrogen-bond acceptors (Lipinski definition) is 3. The number of carboxylic acid groups (broad SMARTS) is 1. The quantitative estimate of drug-likeness (QED) is 0.759. The monoisotopic (exact) mass is 248 g/mol. The SMILES string of the molecule is O=C(O)C(=O)NCc1ccc(C(F)(F)F)cn1. The molecule has 0 saturated carbocycles. The van der Waals surface area contributed by atoms with Gasteiger partial charge in [-0.1, -0.05) is 0 Å². The van der Waals surface area contributed by atoms with Crippen molar-refractivity contribution in [3.05, 3.63) is 29.6 Å². The number of nitrogens with zero attached hydrogens (tertiary/aromatic N) is 1. The molecule has 0 aliphatic rings. The van der Waals surface area contributed by atoms with Crippen molar-refractivity contribution in [3.63, 3.8) is 0 Å². The van der Waals surface area contributed by atoms with Crippen LogP contribution in [0.2, 0.25) is 0 Å². The Morgan fingerprint density at radius 3 is 2.41 bits per heavy atom. The van der Waals surface area contributed by atoms with E-state index in [1.54, 1.807) is 0 Å². The average molecular weight is 248 g/mol. The number of hydrogen-bond donors (Lipinski definition) is 2. The van der Waals surface area contributed by atoms with Crippen molar-refractivity contribution in [1.29, 1.82) is 0 Å². The predicted molar refractivity (Wildman–Crippen MR) is 48.7 cm³/mol. The topological polar surface area (TPSA) is 79.3 Å². The molecule has 0 spiro atoms. The Balaban J connectivity index is 2.63. The van der Waals surface area contributed by atoms with Crippen LogP contribution >= 0.6 is 0 Å². The fourth-order valence-electron chi connectivity index (χ4n) is 0.943. The molecule has 1 rings (SSSR count). The highest BCUT2D eigenvalue weighted by molar-refractivity contribution is 6.31. The summed E-state index contributed by atoms with van der Waals surface area (Å²) in [6.45, 7) is -0.247. The fourth-order valence-corrected chi connectivity index (χ4v) is 0.943. The summed E-state index contributed by atoms with van der Waals surface area (Å²) in [4.78, 5) is 24.2. The molecule has 17 heavy (non-hydrogen) atoms. The van der Waals surface area contributed by atoms with E-state index >= 15 is 0 Å². The summed E-state index contributed by atoms with van der Waals surface area (Å²) < 4.78 is 36.5. The highest BCUT2D eigenvalue weighted by atomic mass is 19.4. The van der Waals surface area contributed by atoms with Gasteiger partial charge < -0.3 is 10.4 Å². The zero-order valence-corrected chi connectivity index (χ0v) is 8.28. The molecule has 0 aliphatic carbocycles. The maximum absolute atomic E-state index is 12.2. The van der Waals surface area contributed by atoms with Crippen LogP contribution in [-0.4, -0.2) is 22.0 Å². The van der Waals surface area contributed by atoms with E-state index in [0.717, 1.165) is 12.1 Å². The van der Waals surface area contributed by atoms with E-state index in [1.165, 1.54) is 0 Å². The molecule has 0 bridgehead atoms. The second-order valence-electron chi connectivity index (χ2n) is 3.02. The van der Waals surface area contributed by atoms with Crippen LogP contribution in [0.15, 0.2) is 18.3 Å². The number of alkyl halides is 3. The molecule has 0 aromatic carbocycles. The first-order valence-electron chi connectivity index (χ1n) is 4.34. The number of amides is 1. The molecule has 5 nitrogen and oxygen atoms in total. The van der Waals surface area contributed by atoms with Crippen LogP contribution in [0.1, 0.15) is 11.3 Å². The summed E-state index contributed by atoms with van der Waals surface area (Å²) in [7, 11) is 0. The molecule has 0 aliphatic heterocycles. The van der Waals surface area contributed by atoms with Crippen LogP contribution < -0.4 is 5.32 Å². The zero-order chi connectivity index (χ0) is 13.1. The van der Waals surface area contributed by atoms with Gasteiger partial charge in [-0.3, -0.25) is 9.78 Å². The second-order valence-corrected chi connectivity index (χ2v) is 3.02. The van der Waals surface area contributed by atoms with Crippen molar-refractivity contribution in [2.24, 2.45) is 0 Å². The molecule has 1 heterocycles. The Labute approximate surface area is 93.3 Å². The number of carbonyl (C=O) groups excluding carboxylic acids is 1. The third kappa shape index (κ3) is 3.74. The van der Waals surface area contributed by atoms with Gasteiger partial charge in [0.15, 0.2) is 0 Å². The summed E-state index contributed by atoms with van der Waals surface area (Å²) in [5.74, 6) is -2.91. The van der Waals surface area contributed by atoms with Gasteiger partial charge in [0.25, 0.3) is 0 Å². The molecule has 92 valence electrons. The minimum Gasteiger partial charge on any atom is -0.474 e. The van der Waals surface area contributed by atoms with Crippen LogP contribution in [0.3, 0.4) is 0 Å². The zero-order valence-electron chi connectivity index (χ0n) is 8.28. The molecule has 0 saturated heterocycles. The Hall–Kier alpha value is -2.12. The summed E-state index contributed by atoms with van der Waals surface area (Å²) >= 11 is 0. The van der Waals surface area contributed by atoms with Gasteiger partial charge in [-0.25, -0.2) is 4.79 Å². The molecule has 0 radical (unpaired) electrons. The number of halogens is 3. The van der Waals surface area contributed by atoms with E-state index in [4.69, 9.17) is 5.11 Å². The van der Waals surface area contributed by atoms with Gasteiger partial charge >= 0.3 is 18.1 Å². The van der Waals surface area contributed by atoms with Gasteiger partial charge in [0.05, 0.1) is 17.8 Å². The van der Waals surface area contributed by atoms with Gasteiger partial charge in [-0.2, -0.15) is 13.2 Å². The van der Waals surface area contributed by atoms with E-state index in [9.17, 15) is 22.8 Å². The molecule has 0 fully saturated rings. The van der Waals surface area contributed by atoms with Crippen LogP contribution in [0, 0.1) is 0 Å². The Bertz CT molecular complexity index is 428. The van der Waals surface area contributed by atoms with Gasteiger partial charge in [0.1, 0.15) is 0 Å². The highest BCUT2D eigenvalue weighted by Gasteiger charge is 2.30. The third-order valence-electron chi connectivity index (χ3n) is 1.78. The first-order valence-corrected chi connectivity index (χ1v) is 4.34. The molecule has 0 atom stereocenters. The number of pyridine rings is 1. The van der Waals surface area contributed by atoms with Crippen LogP contribution in [0.5, 0.6) is 0 Å². The maximum Gasteiger partial charge on any atom is 0.417 e. The maximum atomic E-state index is 12.2. The van der Waals surface area contributed by atoms with E-state index in [-0.39, 0.29) is 12.2 Å². The summed E-state index contributed by atoms with van der Waals surface area (Å²) in [6.07, 6.45) is -3.86. The number of aliphatic carboxylic acids is 1. The van der Waals surface area contributed by atoms with E-state index in [0.29, 0.717) is 6.20 Å². The normalized spacial score (nSPS) is 11.0. The number of carboxylic acids is 1. The molecule has 2 N–H and O–H groups in total. The summed E-state index contributed by atoms with van der Waals surface area (Å²) in [6, 6.07) is 1.86. The van der Waals surface area contributed by atoms with Crippen molar-refractivity contribution in [2.75, 3.05) is 0 Å². The Morgan fingerprint density at radius 1 is 1.35 bits per heavy atom. The third-order valence-corrected chi connectivity index (χ3v) is 1.78. The second kappa shape index (κ2) is 4.81. The van der Waals surface area contributed by atoms with Crippen molar-refractivity contribution >= 4 is 11.9 Å². The number of aromatic nitrogens is 1. The van der Waals surface area contributed by atoms with Crippen molar-refractivity contribution in [1.82, 2.24) is 10.3 Å². The molecule has 0 unspecified atom stereocenters. The summed E-state index contributed by atoms with van der Waals surface area (Å²) in [5, 5.41) is 10.2. The lowest BCUT2D eigenvalue weighted by molar-refractivity contribution is -0.150. The fraction of sp³-hybridized carbons (Fsp3) is 0.222. The van der Waals surface area contributed by atoms with Gasteiger partial charge in [0.2, 0.25) is 0 Å². The minimum atomic E-state index is -4.48. The first kappa shape index (κ1) is 12.9. The lowest BCUT2D eigenvalue weighted by Gasteiger charge is -2.06. The number of rotatable bonds is 2. The van der Waals surface area contributed by atoms with Crippen LogP contribution in [0.4, 0.5) is 13.2 Å². The van der Waals surface area contributed by atoms with Crippen molar-refractivity contribution in [2.45, 2.75) is 12.7 Å². The predicted octanol–water partition coefficient (Wildman–Crippen LogP) is 0.801. The smallest absolute Gasteiger partial charge is 0.417 e. The minimum absolute atomic E-state index is 0.132. The molecule has 1 aromatic rings. The van der Waals surface area contributed by atoms with Crippen LogP contribution in [0.25, 0.3) is 0 Å². The molecule has 1 aromatic heterocycles. The Kier molecular flexibility index (Phi) is 3.66. The van der Waals surface area contributed by atoms with Gasteiger partial charge in [0, 0.05) is 6.20 Å². The summed E-state index contributed by atoms with van der Waals surface area (Å²) in [5.41, 5.74) is -0.779. The van der Waals surface area contributed by atoms with Crippen LogP contribution in [-0.2, 0) is 22.3 Å². The molecule has 8 heteroatoms. The number of nitrogens with one attached hydrogen (secondary N) is 1. The van der Waals surface area contributed by atoms with Crippen molar-refractivity contribution in [3.8, 4) is 0 Å². The van der Waals surface area contributed by atoms with Crippen molar-refractivity contribution < 1.29 is 27.9 Å².